The van der Waals surface area contributed by atoms with E-state index in [1.165, 1.54) is 5.56 Å². The molecule has 2 rings (SSSR count). The molecule has 0 amide bonds. The van der Waals surface area contributed by atoms with Gasteiger partial charge in [-0.25, -0.2) is 4.98 Å². The summed E-state index contributed by atoms with van der Waals surface area (Å²) in [5, 5.41) is -0.172. The van der Waals surface area contributed by atoms with Crippen molar-refractivity contribution < 1.29 is 4.42 Å². The van der Waals surface area contributed by atoms with Gasteiger partial charge in [0.2, 0.25) is 5.89 Å². The Kier molecular flexibility index (Phi) is 3.07. The van der Waals surface area contributed by atoms with Crippen LogP contribution in [-0.2, 0) is 6.42 Å². The number of nitrogens with zero attached hydrogens (tertiary/aromatic N) is 1. The van der Waals surface area contributed by atoms with E-state index in [2.05, 4.69) is 17.1 Å². The standard InChI is InChI=1S/C12H12ClNO/c1-9(13)12-14-11(8-15-12)7-10-5-3-2-4-6-10/h2-6,8-9H,7H2,1H3/t9-/m1/s1. The molecule has 0 aliphatic heterocycles. The van der Waals surface area contributed by atoms with Crippen LogP contribution < -0.4 is 0 Å². The Balaban J connectivity index is 2.12. The zero-order valence-corrected chi connectivity index (χ0v) is 9.24. The lowest BCUT2D eigenvalue weighted by Crippen LogP contribution is -1.89. The van der Waals surface area contributed by atoms with Crippen molar-refractivity contribution in [3.63, 3.8) is 0 Å². The topological polar surface area (TPSA) is 26.0 Å². The van der Waals surface area contributed by atoms with Gasteiger partial charge in [0.05, 0.1) is 5.69 Å². The Labute approximate surface area is 93.9 Å². The highest BCUT2D eigenvalue weighted by Crippen LogP contribution is 2.19. The van der Waals surface area contributed by atoms with E-state index in [4.69, 9.17) is 16.0 Å². The minimum atomic E-state index is -0.172. The van der Waals surface area contributed by atoms with E-state index >= 15 is 0 Å². The molecule has 0 N–H and O–H groups in total. The second-order valence-electron chi connectivity index (χ2n) is 3.46. The molecule has 0 saturated carbocycles. The van der Waals surface area contributed by atoms with E-state index in [0.717, 1.165) is 12.1 Å². The van der Waals surface area contributed by atoms with Crippen LogP contribution in [0.3, 0.4) is 0 Å². The highest BCUT2D eigenvalue weighted by molar-refractivity contribution is 6.20. The van der Waals surface area contributed by atoms with Crippen LogP contribution >= 0.6 is 11.6 Å². The van der Waals surface area contributed by atoms with Crippen molar-refractivity contribution in [3.8, 4) is 0 Å². The Hall–Kier alpha value is -1.28. The maximum absolute atomic E-state index is 5.86. The molecular formula is C12H12ClNO. The maximum atomic E-state index is 5.86. The lowest BCUT2D eigenvalue weighted by molar-refractivity contribution is 0.496. The van der Waals surface area contributed by atoms with Crippen LogP contribution in [-0.4, -0.2) is 4.98 Å². The van der Waals surface area contributed by atoms with Crippen LogP contribution in [0.5, 0.6) is 0 Å². The number of benzene rings is 1. The Morgan fingerprint density at radius 1 is 1.33 bits per heavy atom. The predicted octanol–water partition coefficient (Wildman–Crippen LogP) is 3.57. The molecule has 1 aromatic heterocycles. The number of halogens is 1. The molecule has 2 nitrogen and oxygen atoms in total. The summed E-state index contributed by atoms with van der Waals surface area (Å²) < 4.78 is 5.26. The first-order chi connectivity index (χ1) is 7.25. The molecule has 0 bridgehead atoms. The van der Waals surface area contributed by atoms with Crippen molar-refractivity contribution in [2.45, 2.75) is 18.7 Å². The summed E-state index contributed by atoms with van der Waals surface area (Å²) in [6, 6.07) is 10.2. The lowest BCUT2D eigenvalue weighted by Gasteiger charge is -1.96. The number of aromatic nitrogens is 1. The SMILES string of the molecule is C[C@@H](Cl)c1nc(Cc2ccccc2)co1. The van der Waals surface area contributed by atoms with Gasteiger partial charge in [0.25, 0.3) is 0 Å². The van der Waals surface area contributed by atoms with E-state index in [1.54, 1.807) is 6.26 Å². The Morgan fingerprint density at radius 2 is 2.07 bits per heavy atom. The van der Waals surface area contributed by atoms with Gasteiger partial charge in [-0.3, -0.25) is 0 Å². The van der Waals surface area contributed by atoms with Crippen LogP contribution in [0, 0.1) is 0 Å². The maximum Gasteiger partial charge on any atom is 0.212 e. The van der Waals surface area contributed by atoms with Crippen molar-refractivity contribution in [1.29, 1.82) is 0 Å². The van der Waals surface area contributed by atoms with E-state index < -0.39 is 0 Å². The molecular weight excluding hydrogens is 210 g/mol. The second-order valence-corrected chi connectivity index (χ2v) is 4.11. The monoisotopic (exact) mass is 221 g/mol. The molecule has 0 aliphatic rings. The molecule has 0 saturated heterocycles. The summed E-state index contributed by atoms with van der Waals surface area (Å²) in [5.41, 5.74) is 2.14. The number of hydrogen-bond donors (Lipinski definition) is 0. The van der Waals surface area contributed by atoms with Crippen molar-refractivity contribution in [1.82, 2.24) is 4.98 Å². The molecule has 0 spiro atoms. The van der Waals surface area contributed by atoms with Gasteiger partial charge in [-0.1, -0.05) is 30.3 Å². The third kappa shape index (κ3) is 2.60. The fraction of sp³-hybridized carbons (Fsp3) is 0.250. The predicted molar refractivity (Wildman–Crippen MR) is 60.0 cm³/mol. The largest absolute Gasteiger partial charge is 0.447 e. The molecule has 1 aromatic carbocycles. The van der Waals surface area contributed by atoms with Gasteiger partial charge >= 0.3 is 0 Å². The number of rotatable bonds is 3. The number of oxazole rings is 1. The zero-order valence-electron chi connectivity index (χ0n) is 8.48. The van der Waals surface area contributed by atoms with Crippen molar-refractivity contribution >= 4 is 11.6 Å². The molecule has 3 heteroatoms. The zero-order chi connectivity index (χ0) is 10.7. The minimum absolute atomic E-state index is 0.172. The van der Waals surface area contributed by atoms with E-state index in [-0.39, 0.29) is 5.38 Å². The first-order valence-corrected chi connectivity index (χ1v) is 5.31. The number of hydrogen-bond acceptors (Lipinski definition) is 2. The second kappa shape index (κ2) is 4.49. The molecule has 1 atom stereocenters. The van der Waals surface area contributed by atoms with Crippen LogP contribution in [0.25, 0.3) is 0 Å². The molecule has 2 aromatic rings. The minimum Gasteiger partial charge on any atom is -0.447 e. The average molecular weight is 222 g/mol. The van der Waals surface area contributed by atoms with E-state index in [1.807, 2.05) is 25.1 Å². The van der Waals surface area contributed by atoms with E-state index in [9.17, 15) is 0 Å². The quantitative estimate of drug-likeness (QED) is 0.741. The van der Waals surface area contributed by atoms with Gasteiger partial charge in [-0.05, 0) is 12.5 Å². The van der Waals surface area contributed by atoms with Crippen molar-refractivity contribution in [2.24, 2.45) is 0 Å². The highest BCUT2D eigenvalue weighted by Gasteiger charge is 2.09. The Morgan fingerprint density at radius 3 is 2.67 bits per heavy atom. The van der Waals surface area contributed by atoms with Gasteiger partial charge in [0.1, 0.15) is 11.6 Å². The first-order valence-electron chi connectivity index (χ1n) is 4.88. The fourth-order valence-electron chi connectivity index (χ4n) is 1.39. The van der Waals surface area contributed by atoms with Crippen LogP contribution in [0.15, 0.2) is 41.0 Å². The molecule has 0 aliphatic carbocycles. The third-order valence-corrected chi connectivity index (χ3v) is 2.32. The smallest absolute Gasteiger partial charge is 0.212 e. The summed E-state index contributed by atoms with van der Waals surface area (Å²) >= 11 is 5.86. The van der Waals surface area contributed by atoms with Crippen molar-refractivity contribution in [2.75, 3.05) is 0 Å². The van der Waals surface area contributed by atoms with Crippen LogP contribution in [0.4, 0.5) is 0 Å². The molecule has 1 heterocycles. The lowest BCUT2D eigenvalue weighted by atomic mass is 10.1. The van der Waals surface area contributed by atoms with E-state index in [0.29, 0.717) is 5.89 Å². The van der Waals surface area contributed by atoms with Gasteiger partial charge in [-0.2, -0.15) is 0 Å². The first kappa shape index (κ1) is 10.2. The normalized spacial score (nSPS) is 12.7. The summed E-state index contributed by atoms with van der Waals surface area (Å²) in [7, 11) is 0. The average Bonchev–Trinajstić information content (AvgIpc) is 2.68. The van der Waals surface area contributed by atoms with Gasteiger partial charge in [0.15, 0.2) is 0 Å². The van der Waals surface area contributed by atoms with Crippen LogP contribution in [0.2, 0.25) is 0 Å². The van der Waals surface area contributed by atoms with Crippen LogP contribution in [0.1, 0.15) is 29.4 Å². The van der Waals surface area contributed by atoms with Crippen molar-refractivity contribution in [3.05, 3.63) is 53.7 Å². The third-order valence-electron chi connectivity index (χ3n) is 2.14. The molecule has 0 radical (unpaired) electrons. The molecule has 0 unspecified atom stereocenters. The summed E-state index contributed by atoms with van der Waals surface area (Å²) in [6.45, 7) is 1.85. The highest BCUT2D eigenvalue weighted by atomic mass is 35.5. The summed E-state index contributed by atoms with van der Waals surface area (Å²) in [4.78, 5) is 4.31. The van der Waals surface area contributed by atoms with Gasteiger partial charge < -0.3 is 4.42 Å². The summed E-state index contributed by atoms with van der Waals surface area (Å²) in [5.74, 6) is 0.586. The van der Waals surface area contributed by atoms with Gasteiger partial charge in [-0.15, -0.1) is 11.6 Å². The number of alkyl halides is 1. The molecule has 0 fully saturated rings. The fourth-order valence-corrected chi connectivity index (χ4v) is 1.49. The Bertz CT molecular complexity index is 422. The molecule has 15 heavy (non-hydrogen) atoms. The van der Waals surface area contributed by atoms with Gasteiger partial charge in [0, 0.05) is 6.42 Å². The summed E-state index contributed by atoms with van der Waals surface area (Å²) in [6.07, 6.45) is 2.45. The molecule has 78 valence electrons.